The molecule has 2 aromatic heterocycles. The van der Waals surface area contributed by atoms with Gasteiger partial charge in [0.15, 0.2) is 5.69 Å². The lowest BCUT2D eigenvalue weighted by Gasteiger charge is -2.16. The zero-order valence-electron chi connectivity index (χ0n) is 16.5. The maximum atomic E-state index is 13.1. The van der Waals surface area contributed by atoms with Gasteiger partial charge in [0.25, 0.3) is 5.91 Å². The molecule has 2 heterocycles. The fourth-order valence-corrected chi connectivity index (χ4v) is 3.80. The van der Waals surface area contributed by atoms with Crippen LogP contribution in [0.25, 0.3) is 16.9 Å². The Labute approximate surface area is 170 Å². The molecule has 0 atom stereocenters. The quantitative estimate of drug-likeness (QED) is 0.669. The molecular weight excluding hydrogens is 366 g/mol. The average Bonchev–Trinajstić information content (AvgIpc) is 3.06. The second kappa shape index (κ2) is 8.86. The van der Waals surface area contributed by atoms with Gasteiger partial charge in [-0.25, -0.2) is 4.68 Å². The summed E-state index contributed by atoms with van der Waals surface area (Å²) in [5, 5.41) is 11.7. The van der Waals surface area contributed by atoms with Gasteiger partial charge in [-0.3, -0.25) is 9.78 Å². The molecular formula is C22H25N5O2. The van der Waals surface area contributed by atoms with E-state index in [0.717, 1.165) is 36.9 Å². The molecule has 150 valence electrons. The molecule has 1 aliphatic carbocycles. The molecule has 1 fully saturated rings. The second-order valence-corrected chi connectivity index (χ2v) is 7.30. The van der Waals surface area contributed by atoms with E-state index in [0.29, 0.717) is 17.1 Å². The van der Waals surface area contributed by atoms with Crippen LogP contribution in [-0.4, -0.2) is 39.0 Å². The highest BCUT2D eigenvalue weighted by atomic mass is 16.5. The van der Waals surface area contributed by atoms with Crippen LogP contribution in [-0.2, 0) is 0 Å². The van der Waals surface area contributed by atoms with Crippen LogP contribution >= 0.6 is 0 Å². The summed E-state index contributed by atoms with van der Waals surface area (Å²) in [4.78, 5) is 17.2. The summed E-state index contributed by atoms with van der Waals surface area (Å²) < 4.78 is 7.02. The second-order valence-electron chi connectivity index (χ2n) is 7.30. The minimum Gasteiger partial charge on any atom is -0.497 e. The van der Waals surface area contributed by atoms with Gasteiger partial charge in [-0.05, 0) is 37.1 Å². The summed E-state index contributed by atoms with van der Waals surface area (Å²) in [5.41, 5.74) is 2.58. The average molecular weight is 391 g/mol. The fourth-order valence-electron chi connectivity index (χ4n) is 3.80. The molecule has 7 nitrogen and oxygen atoms in total. The SMILES string of the molecule is COc1cccc(-n2nnc(C(=O)NC3CCCCCC3)c2-c2ccncc2)c1. The summed E-state index contributed by atoms with van der Waals surface area (Å²) in [6.07, 6.45) is 10.2. The van der Waals surface area contributed by atoms with Gasteiger partial charge in [0, 0.05) is 30.1 Å². The van der Waals surface area contributed by atoms with Gasteiger partial charge in [0.2, 0.25) is 0 Å². The lowest BCUT2D eigenvalue weighted by atomic mass is 10.1. The Kier molecular flexibility index (Phi) is 5.84. The molecule has 3 aromatic rings. The van der Waals surface area contributed by atoms with Crippen LogP contribution in [0.2, 0.25) is 0 Å². The van der Waals surface area contributed by atoms with Crippen LogP contribution in [0.4, 0.5) is 0 Å². The lowest BCUT2D eigenvalue weighted by Crippen LogP contribution is -2.35. The summed E-state index contributed by atoms with van der Waals surface area (Å²) in [5.74, 6) is 0.529. The van der Waals surface area contributed by atoms with E-state index >= 15 is 0 Å². The van der Waals surface area contributed by atoms with Crippen molar-refractivity contribution in [1.29, 1.82) is 0 Å². The van der Waals surface area contributed by atoms with Gasteiger partial charge in [0.1, 0.15) is 11.4 Å². The minimum atomic E-state index is -0.183. The Morgan fingerprint density at radius 3 is 2.59 bits per heavy atom. The Bertz CT molecular complexity index is 962. The van der Waals surface area contributed by atoms with Crippen molar-refractivity contribution in [3.63, 3.8) is 0 Å². The molecule has 0 spiro atoms. The molecule has 7 heteroatoms. The number of rotatable bonds is 5. The number of methoxy groups -OCH3 is 1. The summed E-state index contributed by atoms with van der Waals surface area (Å²) in [6.45, 7) is 0. The monoisotopic (exact) mass is 391 g/mol. The van der Waals surface area contributed by atoms with Crippen LogP contribution in [0.15, 0.2) is 48.8 Å². The predicted molar refractivity (Wildman–Crippen MR) is 110 cm³/mol. The van der Waals surface area contributed by atoms with E-state index < -0.39 is 0 Å². The first-order valence-electron chi connectivity index (χ1n) is 10.1. The summed E-state index contributed by atoms with van der Waals surface area (Å²) in [7, 11) is 1.62. The van der Waals surface area contributed by atoms with E-state index in [2.05, 4.69) is 20.6 Å². The zero-order valence-corrected chi connectivity index (χ0v) is 16.5. The molecule has 0 unspecified atom stereocenters. The highest BCUT2D eigenvalue weighted by molar-refractivity contribution is 5.98. The molecule has 1 N–H and O–H groups in total. The number of nitrogens with zero attached hydrogens (tertiary/aromatic N) is 4. The van der Waals surface area contributed by atoms with Crippen molar-refractivity contribution in [2.24, 2.45) is 0 Å². The smallest absolute Gasteiger partial charge is 0.274 e. The van der Waals surface area contributed by atoms with E-state index in [1.54, 1.807) is 24.2 Å². The molecule has 1 saturated carbocycles. The van der Waals surface area contributed by atoms with E-state index in [9.17, 15) is 4.79 Å². The third-order valence-corrected chi connectivity index (χ3v) is 5.33. The number of carbonyl (C=O) groups is 1. The van der Waals surface area contributed by atoms with Gasteiger partial charge in [-0.2, -0.15) is 0 Å². The van der Waals surface area contributed by atoms with E-state index in [4.69, 9.17) is 4.74 Å². The molecule has 1 aromatic carbocycles. The van der Waals surface area contributed by atoms with Crippen LogP contribution in [0.3, 0.4) is 0 Å². The minimum absolute atomic E-state index is 0.183. The van der Waals surface area contributed by atoms with Crippen molar-refractivity contribution < 1.29 is 9.53 Å². The van der Waals surface area contributed by atoms with Gasteiger partial charge >= 0.3 is 0 Å². The Morgan fingerprint density at radius 2 is 1.86 bits per heavy atom. The van der Waals surface area contributed by atoms with Crippen molar-refractivity contribution >= 4 is 5.91 Å². The Hall–Kier alpha value is -3.22. The van der Waals surface area contributed by atoms with E-state index in [-0.39, 0.29) is 11.9 Å². The number of ether oxygens (including phenoxy) is 1. The molecule has 0 bridgehead atoms. The number of benzene rings is 1. The standard InChI is InChI=1S/C22H25N5O2/c1-29-19-10-6-9-18(15-19)27-21(16-11-13-23-14-12-16)20(25-26-27)22(28)24-17-7-4-2-3-5-8-17/h6,9-15,17H,2-5,7-8H2,1H3,(H,24,28). The van der Waals surface area contributed by atoms with Crippen LogP contribution in [0, 0.1) is 0 Å². The lowest BCUT2D eigenvalue weighted by molar-refractivity contribution is 0.0929. The van der Waals surface area contributed by atoms with Crippen molar-refractivity contribution in [3.8, 4) is 22.7 Å². The first-order chi connectivity index (χ1) is 14.3. The summed E-state index contributed by atoms with van der Waals surface area (Å²) in [6, 6.07) is 11.4. The Morgan fingerprint density at radius 1 is 1.10 bits per heavy atom. The molecule has 0 aliphatic heterocycles. The number of carbonyl (C=O) groups excluding carboxylic acids is 1. The number of hydrogen-bond donors (Lipinski definition) is 1. The largest absolute Gasteiger partial charge is 0.497 e. The highest BCUT2D eigenvalue weighted by Gasteiger charge is 2.24. The van der Waals surface area contributed by atoms with Gasteiger partial charge < -0.3 is 10.1 Å². The maximum Gasteiger partial charge on any atom is 0.274 e. The highest BCUT2D eigenvalue weighted by Crippen LogP contribution is 2.27. The maximum absolute atomic E-state index is 13.1. The third-order valence-electron chi connectivity index (χ3n) is 5.33. The number of aromatic nitrogens is 4. The van der Waals surface area contributed by atoms with Gasteiger partial charge in [-0.15, -0.1) is 5.10 Å². The molecule has 29 heavy (non-hydrogen) atoms. The van der Waals surface area contributed by atoms with Crippen molar-refractivity contribution in [2.75, 3.05) is 7.11 Å². The van der Waals surface area contributed by atoms with E-state index in [1.807, 2.05) is 36.4 Å². The molecule has 1 amide bonds. The van der Waals surface area contributed by atoms with Gasteiger partial charge in [0.05, 0.1) is 12.8 Å². The zero-order chi connectivity index (χ0) is 20.1. The molecule has 4 rings (SSSR count). The summed E-state index contributed by atoms with van der Waals surface area (Å²) >= 11 is 0. The van der Waals surface area contributed by atoms with Crippen LogP contribution < -0.4 is 10.1 Å². The first kappa shape index (κ1) is 19.1. The topological polar surface area (TPSA) is 81.9 Å². The van der Waals surface area contributed by atoms with Crippen LogP contribution in [0.1, 0.15) is 49.0 Å². The third kappa shape index (κ3) is 4.29. The van der Waals surface area contributed by atoms with Gasteiger partial charge in [-0.1, -0.05) is 37.0 Å². The van der Waals surface area contributed by atoms with Crippen LogP contribution in [0.5, 0.6) is 5.75 Å². The number of nitrogens with one attached hydrogen (secondary N) is 1. The van der Waals surface area contributed by atoms with Crippen molar-refractivity contribution in [3.05, 3.63) is 54.5 Å². The first-order valence-corrected chi connectivity index (χ1v) is 10.1. The number of hydrogen-bond acceptors (Lipinski definition) is 5. The predicted octanol–water partition coefficient (Wildman–Crippen LogP) is 3.79. The number of pyridine rings is 1. The molecule has 0 radical (unpaired) electrons. The molecule has 0 saturated heterocycles. The fraction of sp³-hybridized carbons (Fsp3) is 0.364. The number of amides is 1. The normalized spacial score (nSPS) is 14.9. The molecule has 1 aliphatic rings. The van der Waals surface area contributed by atoms with Crippen molar-refractivity contribution in [2.45, 2.75) is 44.6 Å². The Balaban J connectivity index is 1.72. The van der Waals surface area contributed by atoms with Crippen molar-refractivity contribution in [1.82, 2.24) is 25.3 Å². The van der Waals surface area contributed by atoms with E-state index in [1.165, 1.54) is 12.8 Å².